The number of hydrogen-bond acceptors (Lipinski definition) is 6. The third-order valence-corrected chi connectivity index (χ3v) is 6.52. The molecule has 2 N–H and O–H groups in total. The van der Waals surface area contributed by atoms with Crippen molar-refractivity contribution in [1.82, 2.24) is 4.72 Å². The Morgan fingerprint density at radius 2 is 2.15 bits per heavy atom. The van der Waals surface area contributed by atoms with Gasteiger partial charge in [0.1, 0.15) is 4.21 Å². The molecule has 0 amide bonds. The summed E-state index contributed by atoms with van der Waals surface area (Å²) in [4.78, 5) is 10.4. The van der Waals surface area contributed by atoms with E-state index in [1.807, 2.05) is 6.92 Å². The maximum Gasteiger partial charge on any atom is 0.304 e. The Kier molecular flexibility index (Phi) is 4.03. The van der Waals surface area contributed by atoms with Crippen molar-refractivity contribution in [2.24, 2.45) is 0 Å². The van der Waals surface area contributed by atoms with Gasteiger partial charge in [0.05, 0.1) is 4.92 Å². The first kappa shape index (κ1) is 15.2. The zero-order valence-corrected chi connectivity index (χ0v) is 12.9. The Morgan fingerprint density at radius 3 is 2.60 bits per heavy atom. The zero-order chi connectivity index (χ0) is 15.0. The van der Waals surface area contributed by atoms with Crippen LogP contribution in [0.3, 0.4) is 0 Å². The minimum absolute atomic E-state index is 0.0201. The number of anilines is 1. The molecule has 1 saturated carbocycles. The van der Waals surface area contributed by atoms with Gasteiger partial charge in [0.15, 0.2) is 5.00 Å². The van der Waals surface area contributed by atoms with Crippen LogP contribution < -0.4 is 10.0 Å². The number of thiophene rings is 1. The van der Waals surface area contributed by atoms with Crippen LogP contribution in [-0.2, 0) is 10.0 Å². The van der Waals surface area contributed by atoms with Gasteiger partial charge in [-0.05, 0) is 33.1 Å². The molecule has 9 heteroatoms. The average molecular weight is 319 g/mol. The molecule has 0 saturated heterocycles. The minimum Gasteiger partial charge on any atom is -0.372 e. The van der Waals surface area contributed by atoms with Crippen molar-refractivity contribution in [3.8, 4) is 0 Å². The Labute approximate surface area is 121 Å². The highest BCUT2D eigenvalue weighted by Crippen LogP contribution is 2.39. The fourth-order valence-corrected chi connectivity index (χ4v) is 4.96. The largest absolute Gasteiger partial charge is 0.372 e. The molecule has 1 aromatic heterocycles. The molecule has 7 nitrogen and oxygen atoms in total. The molecule has 0 radical (unpaired) electrons. The molecule has 1 aliphatic rings. The molecule has 1 aromatic rings. The van der Waals surface area contributed by atoms with Crippen LogP contribution >= 0.6 is 11.3 Å². The van der Waals surface area contributed by atoms with Gasteiger partial charge in [-0.25, -0.2) is 13.1 Å². The lowest BCUT2D eigenvalue weighted by Crippen LogP contribution is -2.50. The lowest BCUT2D eigenvalue weighted by atomic mass is 9.80. The summed E-state index contributed by atoms with van der Waals surface area (Å²) in [5.41, 5.74) is -0.619. The van der Waals surface area contributed by atoms with E-state index in [1.165, 1.54) is 0 Å². The third-order valence-electron chi connectivity index (χ3n) is 3.33. The van der Waals surface area contributed by atoms with Crippen LogP contribution in [-0.4, -0.2) is 25.4 Å². The average Bonchev–Trinajstić information content (AvgIpc) is 2.72. The van der Waals surface area contributed by atoms with E-state index < -0.39 is 20.5 Å². The van der Waals surface area contributed by atoms with E-state index in [1.54, 1.807) is 6.92 Å². The molecule has 20 heavy (non-hydrogen) atoms. The predicted molar refractivity (Wildman–Crippen MR) is 77.7 cm³/mol. The quantitative estimate of drug-likeness (QED) is 0.619. The standard InChI is InChI=1S/C11H17N3O4S2/c1-3-12-10-8(14(15)16)7-9(19-10)20(17,18)13-11(2)5-4-6-11/h7,12-13H,3-6H2,1-2H3. The Hall–Kier alpha value is -1.19. The maximum absolute atomic E-state index is 12.3. The molecule has 1 heterocycles. The van der Waals surface area contributed by atoms with E-state index in [-0.39, 0.29) is 14.9 Å². The van der Waals surface area contributed by atoms with Crippen molar-refractivity contribution in [2.75, 3.05) is 11.9 Å². The van der Waals surface area contributed by atoms with Gasteiger partial charge in [-0.2, -0.15) is 0 Å². The first-order chi connectivity index (χ1) is 9.27. The van der Waals surface area contributed by atoms with Gasteiger partial charge in [0.2, 0.25) is 0 Å². The number of nitrogens with zero attached hydrogens (tertiary/aromatic N) is 1. The van der Waals surface area contributed by atoms with Crippen LogP contribution in [0.4, 0.5) is 10.7 Å². The van der Waals surface area contributed by atoms with Crippen molar-refractivity contribution in [3.05, 3.63) is 16.2 Å². The zero-order valence-electron chi connectivity index (χ0n) is 11.3. The van der Waals surface area contributed by atoms with Gasteiger partial charge >= 0.3 is 5.69 Å². The molecule has 2 rings (SSSR count). The fraction of sp³-hybridized carbons (Fsp3) is 0.636. The van der Waals surface area contributed by atoms with Crippen molar-refractivity contribution in [2.45, 2.75) is 42.9 Å². The summed E-state index contributed by atoms with van der Waals surface area (Å²) in [5, 5.41) is 14.0. The van der Waals surface area contributed by atoms with Gasteiger partial charge in [0, 0.05) is 18.2 Å². The highest BCUT2D eigenvalue weighted by molar-refractivity contribution is 7.91. The molecule has 0 aliphatic heterocycles. The second-order valence-corrected chi connectivity index (χ2v) is 8.05. The first-order valence-electron chi connectivity index (χ1n) is 6.33. The summed E-state index contributed by atoms with van der Waals surface area (Å²) >= 11 is 0.891. The smallest absolute Gasteiger partial charge is 0.304 e. The van der Waals surface area contributed by atoms with Crippen LogP contribution in [0.2, 0.25) is 0 Å². The van der Waals surface area contributed by atoms with Crippen molar-refractivity contribution in [1.29, 1.82) is 0 Å². The Morgan fingerprint density at radius 1 is 1.50 bits per heavy atom. The number of hydrogen-bond donors (Lipinski definition) is 2. The van der Waals surface area contributed by atoms with Crippen LogP contribution in [0.1, 0.15) is 33.1 Å². The van der Waals surface area contributed by atoms with Crippen molar-refractivity contribution < 1.29 is 13.3 Å². The SMILES string of the molecule is CCNc1sc(S(=O)(=O)NC2(C)CCC2)cc1[N+](=O)[O-]. The number of nitro groups is 1. The molecule has 0 spiro atoms. The second-order valence-electron chi connectivity index (χ2n) is 5.09. The fourth-order valence-electron chi connectivity index (χ4n) is 2.10. The van der Waals surface area contributed by atoms with E-state index in [2.05, 4.69) is 10.0 Å². The lowest BCUT2D eigenvalue weighted by Gasteiger charge is -2.38. The third kappa shape index (κ3) is 2.94. The van der Waals surface area contributed by atoms with Gasteiger partial charge < -0.3 is 5.32 Å². The second kappa shape index (κ2) is 5.30. The predicted octanol–water partition coefficient (Wildman–Crippen LogP) is 2.31. The highest BCUT2D eigenvalue weighted by atomic mass is 32.2. The topological polar surface area (TPSA) is 101 Å². The molecule has 0 bridgehead atoms. The minimum atomic E-state index is -3.71. The van der Waals surface area contributed by atoms with E-state index in [0.29, 0.717) is 6.54 Å². The Balaban J connectivity index is 2.31. The number of sulfonamides is 1. The molecule has 1 fully saturated rings. The van der Waals surface area contributed by atoms with Crippen LogP contribution in [0, 0.1) is 10.1 Å². The number of rotatable bonds is 6. The van der Waals surface area contributed by atoms with Crippen LogP contribution in [0.25, 0.3) is 0 Å². The molecule has 112 valence electrons. The number of nitrogens with one attached hydrogen (secondary N) is 2. The van der Waals surface area contributed by atoms with E-state index in [0.717, 1.165) is 36.7 Å². The van der Waals surface area contributed by atoms with Gasteiger partial charge in [-0.1, -0.05) is 11.3 Å². The van der Waals surface area contributed by atoms with Crippen molar-refractivity contribution in [3.63, 3.8) is 0 Å². The molecule has 0 unspecified atom stereocenters. The monoisotopic (exact) mass is 319 g/mol. The maximum atomic E-state index is 12.3. The van der Waals surface area contributed by atoms with Crippen molar-refractivity contribution >= 4 is 32.0 Å². The molecule has 0 atom stereocenters. The summed E-state index contributed by atoms with van der Waals surface area (Å²) in [6.07, 6.45) is 2.58. The van der Waals surface area contributed by atoms with E-state index >= 15 is 0 Å². The highest BCUT2D eigenvalue weighted by Gasteiger charge is 2.37. The van der Waals surface area contributed by atoms with E-state index in [4.69, 9.17) is 0 Å². The van der Waals surface area contributed by atoms with Gasteiger partial charge in [-0.3, -0.25) is 10.1 Å². The molecule has 1 aliphatic carbocycles. The van der Waals surface area contributed by atoms with Gasteiger partial charge in [0.25, 0.3) is 10.0 Å². The summed E-state index contributed by atoms with van der Waals surface area (Å²) in [6.45, 7) is 4.14. The van der Waals surface area contributed by atoms with Crippen LogP contribution in [0.15, 0.2) is 10.3 Å². The molecular formula is C11H17N3O4S2. The summed E-state index contributed by atoms with van der Waals surface area (Å²) in [7, 11) is -3.71. The Bertz CT molecular complexity index is 620. The summed E-state index contributed by atoms with van der Waals surface area (Å²) in [6, 6.07) is 1.12. The summed E-state index contributed by atoms with van der Waals surface area (Å²) < 4.78 is 27.2. The molecule has 0 aromatic carbocycles. The first-order valence-corrected chi connectivity index (χ1v) is 8.63. The molecular weight excluding hydrogens is 302 g/mol. The lowest BCUT2D eigenvalue weighted by molar-refractivity contribution is -0.383. The van der Waals surface area contributed by atoms with E-state index in [9.17, 15) is 18.5 Å². The van der Waals surface area contributed by atoms with Crippen LogP contribution in [0.5, 0.6) is 0 Å². The summed E-state index contributed by atoms with van der Waals surface area (Å²) in [5.74, 6) is 0. The normalized spacial score (nSPS) is 17.5. The van der Waals surface area contributed by atoms with Gasteiger partial charge in [-0.15, -0.1) is 0 Å².